The van der Waals surface area contributed by atoms with E-state index in [0.717, 1.165) is 24.2 Å². The molecular weight excluding hydrogens is 240 g/mol. The van der Waals surface area contributed by atoms with Crippen LogP contribution >= 0.6 is 0 Å². The van der Waals surface area contributed by atoms with E-state index >= 15 is 0 Å². The van der Waals surface area contributed by atoms with Crippen LogP contribution in [0.15, 0.2) is 24.3 Å². The van der Waals surface area contributed by atoms with E-state index in [0.29, 0.717) is 13.1 Å². The van der Waals surface area contributed by atoms with Crippen LogP contribution in [0, 0.1) is 0 Å². The van der Waals surface area contributed by atoms with Gasteiger partial charge in [-0.15, -0.1) is 0 Å². The molecule has 1 atom stereocenters. The fourth-order valence-corrected chi connectivity index (χ4v) is 2.70. The molecule has 2 heterocycles. The second-order valence-electron chi connectivity index (χ2n) is 4.78. The Bertz CT molecular complexity index is 605. The van der Waals surface area contributed by atoms with E-state index in [1.165, 1.54) is 10.9 Å². The Morgan fingerprint density at radius 2 is 2.26 bits per heavy atom. The van der Waals surface area contributed by atoms with Crippen LogP contribution in [0.4, 0.5) is 0 Å². The van der Waals surface area contributed by atoms with Gasteiger partial charge in [0.15, 0.2) is 0 Å². The molecule has 0 bridgehead atoms. The van der Waals surface area contributed by atoms with E-state index in [1.807, 2.05) is 18.2 Å². The summed E-state index contributed by atoms with van der Waals surface area (Å²) < 4.78 is 0. The summed E-state index contributed by atoms with van der Waals surface area (Å²) in [6, 6.07) is 7.87. The van der Waals surface area contributed by atoms with Gasteiger partial charge < -0.3 is 21.4 Å². The van der Waals surface area contributed by atoms with Crippen LogP contribution in [-0.4, -0.2) is 30.5 Å². The molecule has 3 rings (SSSR count). The van der Waals surface area contributed by atoms with Crippen LogP contribution in [0.2, 0.25) is 0 Å². The summed E-state index contributed by atoms with van der Waals surface area (Å²) in [5.41, 5.74) is 8.75. The summed E-state index contributed by atoms with van der Waals surface area (Å²) in [5.74, 6) is -0.0158. The van der Waals surface area contributed by atoms with Gasteiger partial charge in [-0.2, -0.15) is 0 Å². The summed E-state index contributed by atoms with van der Waals surface area (Å²) >= 11 is 0. The van der Waals surface area contributed by atoms with Gasteiger partial charge >= 0.3 is 0 Å². The predicted molar refractivity (Wildman–Crippen MR) is 74.8 cm³/mol. The van der Waals surface area contributed by atoms with Gasteiger partial charge in [0, 0.05) is 36.2 Å². The molecule has 0 spiro atoms. The number of rotatable bonds is 3. The van der Waals surface area contributed by atoms with Gasteiger partial charge in [-0.3, -0.25) is 4.79 Å². The number of amides is 1. The monoisotopic (exact) mass is 258 g/mol. The van der Waals surface area contributed by atoms with Crippen molar-refractivity contribution in [3.63, 3.8) is 0 Å². The Morgan fingerprint density at radius 3 is 3.11 bits per heavy atom. The third kappa shape index (κ3) is 2.11. The molecule has 100 valence electrons. The molecule has 1 aromatic carbocycles. The van der Waals surface area contributed by atoms with Crippen LogP contribution in [0.1, 0.15) is 17.3 Å². The third-order valence-corrected chi connectivity index (χ3v) is 3.56. The fourth-order valence-electron chi connectivity index (χ4n) is 2.70. The molecule has 0 aliphatic carbocycles. The van der Waals surface area contributed by atoms with E-state index in [9.17, 15) is 4.79 Å². The minimum atomic E-state index is -0.303. The molecular formula is C14H18N4O. The fraction of sp³-hybridized carbons (Fsp3) is 0.357. The molecule has 0 saturated heterocycles. The molecule has 19 heavy (non-hydrogen) atoms. The first-order chi connectivity index (χ1) is 9.31. The first kappa shape index (κ1) is 12.2. The average molecular weight is 258 g/mol. The van der Waals surface area contributed by atoms with Gasteiger partial charge in [0.2, 0.25) is 5.91 Å². The standard InChI is InChI=1S/C14H18N4O/c15-6-8-17-14(19)13-12-10(5-7-16-13)9-3-1-2-4-11(9)18-12/h1-4,13,16,18H,5-8,15H2,(H,17,19). The second kappa shape index (κ2) is 5.03. The number of benzene rings is 1. The van der Waals surface area contributed by atoms with Gasteiger partial charge in [-0.05, 0) is 18.1 Å². The Morgan fingerprint density at radius 1 is 1.42 bits per heavy atom. The largest absolute Gasteiger partial charge is 0.356 e. The number of fused-ring (bicyclic) bond motifs is 3. The zero-order valence-electron chi connectivity index (χ0n) is 10.7. The predicted octanol–water partition coefficient (Wildman–Crippen LogP) is 0.430. The summed E-state index contributed by atoms with van der Waals surface area (Å²) in [6.07, 6.45) is 0.944. The van der Waals surface area contributed by atoms with Crippen molar-refractivity contribution in [3.05, 3.63) is 35.5 Å². The number of aromatic amines is 1. The highest BCUT2D eigenvalue weighted by molar-refractivity contribution is 5.90. The Balaban J connectivity index is 1.97. The van der Waals surface area contributed by atoms with Crippen molar-refractivity contribution in [3.8, 4) is 0 Å². The second-order valence-corrected chi connectivity index (χ2v) is 4.78. The van der Waals surface area contributed by atoms with Crippen molar-refractivity contribution in [2.24, 2.45) is 5.73 Å². The van der Waals surface area contributed by atoms with Crippen LogP contribution < -0.4 is 16.4 Å². The lowest BCUT2D eigenvalue weighted by Crippen LogP contribution is -2.42. The molecule has 1 aliphatic rings. The minimum absolute atomic E-state index is 0.0158. The van der Waals surface area contributed by atoms with E-state index in [4.69, 9.17) is 5.73 Å². The zero-order valence-corrected chi connectivity index (χ0v) is 10.7. The maximum atomic E-state index is 12.1. The summed E-state index contributed by atoms with van der Waals surface area (Å²) in [4.78, 5) is 15.5. The van der Waals surface area contributed by atoms with E-state index < -0.39 is 0 Å². The molecule has 0 saturated carbocycles. The van der Waals surface area contributed by atoms with Crippen molar-refractivity contribution in [2.45, 2.75) is 12.5 Å². The van der Waals surface area contributed by atoms with Crippen molar-refractivity contribution < 1.29 is 4.79 Å². The Hall–Kier alpha value is -1.85. The maximum Gasteiger partial charge on any atom is 0.243 e. The topological polar surface area (TPSA) is 82.9 Å². The number of para-hydroxylation sites is 1. The number of hydrogen-bond donors (Lipinski definition) is 4. The van der Waals surface area contributed by atoms with Gasteiger partial charge in [0.05, 0.1) is 0 Å². The lowest BCUT2D eigenvalue weighted by molar-refractivity contribution is -0.123. The van der Waals surface area contributed by atoms with Crippen LogP contribution in [0.3, 0.4) is 0 Å². The molecule has 2 aromatic rings. The number of aromatic nitrogens is 1. The highest BCUT2D eigenvalue weighted by atomic mass is 16.2. The van der Waals surface area contributed by atoms with Crippen molar-refractivity contribution >= 4 is 16.8 Å². The highest BCUT2D eigenvalue weighted by Crippen LogP contribution is 2.29. The molecule has 1 aliphatic heterocycles. The number of carbonyl (C=O) groups excluding carboxylic acids is 1. The molecule has 1 unspecified atom stereocenters. The number of carbonyl (C=O) groups is 1. The lowest BCUT2D eigenvalue weighted by Gasteiger charge is -2.23. The van der Waals surface area contributed by atoms with E-state index in [1.54, 1.807) is 0 Å². The van der Waals surface area contributed by atoms with E-state index in [2.05, 4.69) is 21.7 Å². The summed E-state index contributed by atoms with van der Waals surface area (Å²) in [6.45, 7) is 1.78. The van der Waals surface area contributed by atoms with Crippen LogP contribution in [-0.2, 0) is 11.2 Å². The first-order valence-electron chi connectivity index (χ1n) is 6.62. The molecule has 5 nitrogen and oxygen atoms in total. The Labute approximate surface area is 111 Å². The average Bonchev–Trinajstić information content (AvgIpc) is 2.83. The minimum Gasteiger partial charge on any atom is -0.356 e. The van der Waals surface area contributed by atoms with Gasteiger partial charge in [0.1, 0.15) is 6.04 Å². The lowest BCUT2D eigenvalue weighted by atomic mass is 9.99. The smallest absolute Gasteiger partial charge is 0.243 e. The first-order valence-corrected chi connectivity index (χ1v) is 6.62. The maximum absolute atomic E-state index is 12.1. The van der Waals surface area contributed by atoms with Crippen molar-refractivity contribution in [1.29, 1.82) is 0 Å². The van der Waals surface area contributed by atoms with Crippen LogP contribution in [0.25, 0.3) is 10.9 Å². The number of nitrogens with two attached hydrogens (primary N) is 1. The normalized spacial score (nSPS) is 18.3. The van der Waals surface area contributed by atoms with Crippen LogP contribution in [0.5, 0.6) is 0 Å². The molecule has 1 amide bonds. The van der Waals surface area contributed by atoms with Crippen molar-refractivity contribution in [1.82, 2.24) is 15.6 Å². The third-order valence-electron chi connectivity index (χ3n) is 3.56. The number of H-pyrrole nitrogens is 1. The highest BCUT2D eigenvalue weighted by Gasteiger charge is 2.28. The van der Waals surface area contributed by atoms with Gasteiger partial charge in [0.25, 0.3) is 0 Å². The summed E-state index contributed by atoms with van der Waals surface area (Å²) in [7, 11) is 0. The van der Waals surface area contributed by atoms with Crippen molar-refractivity contribution in [2.75, 3.05) is 19.6 Å². The SMILES string of the molecule is NCCNC(=O)C1NCCc2c1[nH]c1ccccc21. The van der Waals surface area contributed by atoms with Gasteiger partial charge in [-0.25, -0.2) is 0 Å². The zero-order chi connectivity index (χ0) is 13.2. The molecule has 1 aromatic heterocycles. The number of nitrogens with one attached hydrogen (secondary N) is 3. The Kier molecular flexibility index (Phi) is 3.23. The molecule has 5 N–H and O–H groups in total. The molecule has 0 radical (unpaired) electrons. The quantitative estimate of drug-likeness (QED) is 0.644. The van der Waals surface area contributed by atoms with E-state index in [-0.39, 0.29) is 11.9 Å². The summed E-state index contributed by atoms with van der Waals surface area (Å²) in [5, 5.41) is 7.32. The van der Waals surface area contributed by atoms with Gasteiger partial charge in [-0.1, -0.05) is 18.2 Å². The molecule has 0 fully saturated rings. The number of hydrogen-bond acceptors (Lipinski definition) is 3. The molecule has 5 heteroatoms.